The van der Waals surface area contributed by atoms with Gasteiger partial charge in [0.1, 0.15) is 11.1 Å². The molecule has 1 aliphatic rings. The zero-order valence-electron chi connectivity index (χ0n) is 14.3. The first kappa shape index (κ1) is 18.4. The Labute approximate surface area is 146 Å². The molecule has 1 aromatic heterocycles. The summed E-state index contributed by atoms with van der Waals surface area (Å²) in [5, 5.41) is 15.7. The van der Waals surface area contributed by atoms with E-state index in [0.29, 0.717) is 17.1 Å². The summed E-state index contributed by atoms with van der Waals surface area (Å²) in [6.45, 7) is 3.12. The van der Waals surface area contributed by atoms with Gasteiger partial charge in [0.05, 0.1) is 12.6 Å². The average molecular weight is 349 g/mol. The van der Waals surface area contributed by atoms with Crippen molar-refractivity contribution in [3.63, 3.8) is 0 Å². The highest BCUT2D eigenvalue weighted by molar-refractivity contribution is 7.16. The summed E-state index contributed by atoms with van der Waals surface area (Å²) >= 11 is 1.52. The van der Waals surface area contributed by atoms with Crippen LogP contribution in [0.3, 0.4) is 0 Å². The molecule has 0 saturated heterocycles. The summed E-state index contributed by atoms with van der Waals surface area (Å²) in [7, 11) is 1.82. The number of fused-ring (bicyclic) bond motifs is 1. The van der Waals surface area contributed by atoms with Crippen LogP contribution in [0.15, 0.2) is 0 Å². The second kappa shape index (κ2) is 8.81. The van der Waals surface area contributed by atoms with Crippen molar-refractivity contribution < 1.29 is 14.5 Å². The maximum atomic E-state index is 12.2. The molecule has 0 bridgehead atoms. The van der Waals surface area contributed by atoms with E-state index in [1.807, 2.05) is 14.0 Å². The Balaban J connectivity index is 1.92. The molecule has 7 heteroatoms. The third-order valence-electron chi connectivity index (χ3n) is 4.03. The lowest BCUT2D eigenvalue weighted by molar-refractivity contribution is -0.862. The molecule has 1 unspecified atom stereocenters. The van der Waals surface area contributed by atoms with E-state index in [-0.39, 0.29) is 24.9 Å². The number of likely N-dealkylation sites (N-methyl/N-ethyl adjacent to an activating group) is 1. The van der Waals surface area contributed by atoms with Crippen molar-refractivity contribution in [1.82, 2.24) is 5.32 Å². The van der Waals surface area contributed by atoms with Crippen molar-refractivity contribution in [1.29, 1.82) is 5.26 Å². The topological polar surface area (TPSA) is 86.4 Å². The van der Waals surface area contributed by atoms with Crippen molar-refractivity contribution in [3.05, 3.63) is 16.0 Å². The molecule has 2 rings (SSSR count). The maximum absolute atomic E-state index is 12.2. The SMILES string of the molecule is CCCNC(=O)C[NH+](C)CC(=O)Nc1sc2c(c1C#N)CCCC2. The average Bonchev–Trinajstić information content (AvgIpc) is 2.89. The van der Waals surface area contributed by atoms with Gasteiger partial charge in [0.25, 0.3) is 11.8 Å². The monoisotopic (exact) mass is 349 g/mol. The quantitative estimate of drug-likeness (QED) is 0.669. The predicted octanol–water partition coefficient (Wildman–Crippen LogP) is 0.478. The van der Waals surface area contributed by atoms with Crippen LogP contribution in [0.2, 0.25) is 0 Å². The van der Waals surface area contributed by atoms with Crippen LogP contribution >= 0.6 is 11.3 Å². The Hall–Kier alpha value is -1.91. The number of aryl methyl sites for hydroxylation is 1. The Kier molecular flexibility index (Phi) is 6.76. The fraction of sp³-hybridized carbons (Fsp3) is 0.588. The molecular weight excluding hydrogens is 324 g/mol. The molecule has 1 aliphatic carbocycles. The summed E-state index contributed by atoms with van der Waals surface area (Å²) in [5.41, 5.74) is 1.74. The van der Waals surface area contributed by atoms with E-state index < -0.39 is 0 Å². The van der Waals surface area contributed by atoms with Crippen LogP contribution in [-0.2, 0) is 22.4 Å². The van der Waals surface area contributed by atoms with Gasteiger partial charge in [-0.1, -0.05) is 6.92 Å². The van der Waals surface area contributed by atoms with Crippen molar-refractivity contribution in [3.8, 4) is 6.07 Å². The minimum Gasteiger partial charge on any atom is -0.351 e. The van der Waals surface area contributed by atoms with Crippen LogP contribution in [0.4, 0.5) is 5.00 Å². The fourth-order valence-corrected chi connectivity index (χ4v) is 4.14. The molecule has 0 spiro atoms. The van der Waals surface area contributed by atoms with Crippen molar-refractivity contribution in [2.45, 2.75) is 39.0 Å². The van der Waals surface area contributed by atoms with Crippen LogP contribution in [-0.4, -0.2) is 38.5 Å². The highest BCUT2D eigenvalue weighted by atomic mass is 32.1. The zero-order valence-corrected chi connectivity index (χ0v) is 15.1. The molecule has 2 amide bonds. The van der Waals surface area contributed by atoms with E-state index in [4.69, 9.17) is 0 Å². The molecule has 0 aliphatic heterocycles. The van der Waals surface area contributed by atoms with Crippen LogP contribution in [0.5, 0.6) is 0 Å². The number of hydrogen-bond acceptors (Lipinski definition) is 4. The lowest BCUT2D eigenvalue weighted by atomic mass is 9.96. The van der Waals surface area contributed by atoms with Gasteiger partial charge in [-0.2, -0.15) is 5.26 Å². The Morgan fingerprint density at radius 1 is 1.25 bits per heavy atom. The fourth-order valence-electron chi connectivity index (χ4n) is 2.88. The molecule has 1 aromatic rings. The standard InChI is InChI=1S/C17H24N4O2S/c1-3-8-19-15(22)10-21(2)11-16(23)20-17-13(9-18)12-6-4-5-7-14(12)24-17/h3-8,10-11H2,1-2H3,(H,19,22)(H,20,23)/p+1. The molecule has 1 atom stereocenters. The molecule has 0 aromatic carbocycles. The van der Waals surface area contributed by atoms with Crippen molar-refractivity contribution in [2.24, 2.45) is 0 Å². The van der Waals surface area contributed by atoms with E-state index in [9.17, 15) is 14.9 Å². The normalized spacial score (nSPS) is 14.4. The number of quaternary nitrogens is 1. The van der Waals surface area contributed by atoms with E-state index in [1.54, 1.807) is 0 Å². The number of anilines is 1. The number of nitrogens with zero attached hydrogens (tertiary/aromatic N) is 1. The van der Waals surface area contributed by atoms with Crippen LogP contribution in [0.1, 0.15) is 42.2 Å². The van der Waals surface area contributed by atoms with Gasteiger partial charge in [0, 0.05) is 11.4 Å². The van der Waals surface area contributed by atoms with Gasteiger partial charge in [0.2, 0.25) is 0 Å². The number of thiophene rings is 1. The number of rotatable bonds is 7. The number of carbonyl (C=O) groups excluding carboxylic acids is 2. The van der Waals surface area contributed by atoms with Crippen molar-refractivity contribution >= 4 is 28.2 Å². The van der Waals surface area contributed by atoms with Gasteiger partial charge in [-0.15, -0.1) is 11.3 Å². The van der Waals surface area contributed by atoms with Gasteiger partial charge in [-0.25, -0.2) is 0 Å². The third kappa shape index (κ3) is 4.79. The smallest absolute Gasteiger partial charge is 0.280 e. The summed E-state index contributed by atoms with van der Waals surface area (Å²) in [4.78, 5) is 26.0. The van der Waals surface area contributed by atoms with Gasteiger partial charge < -0.3 is 15.5 Å². The molecule has 6 nitrogen and oxygen atoms in total. The summed E-state index contributed by atoms with van der Waals surface area (Å²) in [6, 6.07) is 2.24. The zero-order chi connectivity index (χ0) is 17.5. The lowest BCUT2D eigenvalue weighted by Gasteiger charge is -2.13. The van der Waals surface area contributed by atoms with Crippen LogP contribution in [0, 0.1) is 11.3 Å². The highest BCUT2D eigenvalue weighted by Crippen LogP contribution is 2.37. The maximum Gasteiger partial charge on any atom is 0.280 e. The minimum absolute atomic E-state index is 0.0496. The van der Waals surface area contributed by atoms with Crippen LogP contribution in [0.25, 0.3) is 0 Å². The number of carbonyl (C=O) groups is 2. The molecule has 1 heterocycles. The van der Waals surface area contributed by atoms with Crippen LogP contribution < -0.4 is 15.5 Å². The Morgan fingerprint density at radius 3 is 2.67 bits per heavy atom. The summed E-state index contributed by atoms with van der Waals surface area (Å²) in [5.74, 6) is -0.211. The minimum atomic E-state index is -0.161. The van der Waals surface area contributed by atoms with Gasteiger partial charge in [-0.3, -0.25) is 9.59 Å². The number of amides is 2. The summed E-state index contributed by atoms with van der Waals surface area (Å²) < 4.78 is 0. The molecule has 0 saturated carbocycles. The Bertz CT molecular complexity index is 648. The highest BCUT2D eigenvalue weighted by Gasteiger charge is 2.22. The van der Waals surface area contributed by atoms with E-state index in [0.717, 1.165) is 42.6 Å². The second-order valence-corrected chi connectivity index (χ2v) is 7.34. The number of hydrogen-bond donors (Lipinski definition) is 3. The Morgan fingerprint density at radius 2 is 1.96 bits per heavy atom. The van der Waals surface area contributed by atoms with E-state index >= 15 is 0 Å². The predicted molar refractivity (Wildman–Crippen MR) is 94.2 cm³/mol. The first-order chi connectivity index (χ1) is 11.5. The summed E-state index contributed by atoms with van der Waals surface area (Å²) in [6.07, 6.45) is 5.06. The molecule has 0 radical (unpaired) electrons. The third-order valence-corrected chi connectivity index (χ3v) is 5.24. The molecule has 0 fully saturated rings. The van der Waals surface area contributed by atoms with Crippen molar-refractivity contribution in [2.75, 3.05) is 32.0 Å². The number of nitrogens with one attached hydrogen (secondary N) is 3. The van der Waals surface area contributed by atoms with Gasteiger partial charge >= 0.3 is 0 Å². The first-order valence-corrected chi connectivity index (χ1v) is 9.29. The molecule has 24 heavy (non-hydrogen) atoms. The van der Waals surface area contributed by atoms with E-state index in [2.05, 4.69) is 16.7 Å². The second-order valence-electron chi connectivity index (χ2n) is 6.24. The largest absolute Gasteiger partial charge is 0.351 e. The van der Waals surface area contributed by atoms with Gasteiger partial charge in [0.15, 0.2) is 13.1 Å². The molecule has 130 valence electrons. The molecule has 3 N–H and O–H groups in total. The number of nitriles is 1. The van der Waals surface area contributed by atoms with Gasteiger partial charge in [-0.05, 0) is 37.7 Å². The lowest BCUT2D eigenvalue weighted by Crippen LogP contribution is -3.11. The van der Waals surface area contributed by atoms with E-state index in [1.165, 1.54) is 16.2 Å². The first-order valence-electron chi connectivity index (χ1n) is 8.47. The molecular formula is C17H25N4O2S+.